The molecular formula is C17H19N3O2. The number of carbonyl (C=O) groups is 1. The molecule has 2 aliphatic rings. The molecule has 22 heavy (non-hydrogen) atoms. The van der Waals surface area contributed by atoms with Gasteiger partial charge in [-0.25, -0.2) is 4.98 Å². The normalized spacial score (nSPS) is 24.7. The minimum Gasteiger partial charge on any atom is -0.444 e. The quantitative estimate of drug-likeness (QED) is 0.852. The molecular weight excluding hydrogens is 278 g/mol. The molecule has 0 aliphatic carbocycles. The van der Waals surface area contributed by atoms with Gasteiger partial charge in [0.15, 0.2) is 12.2 Å². The second-order valence-electron chi connectivity index (χ2n) is 6.25. The minimum absolute atomic E-state index is 0.131. The van der Waals surface area contributed by atoms with E-state index in [1.807, 2.05) is 29.2 Å². The van der Waals surface area contributed by atoms with Crippen LogP contribution in [0.5, 0.6) is 0 Å². The van der Waals surface area contributed by atoms with Crippen LogP contribution >= 0.6 is 0 Å². The van der Waals surface area contributed by atoms with Crippen LogP contribution in [0.1, 0.15) is 16.8 Å². The topological polar surface area (TPSA) is 49.6 Å². The van der Waals surface area contributed by atoms with Crippen molar-refractivity contribution in [2.45, 2.75) is 12.5 Å². The van der Waals surface area contributed by atoms with E-state index in [4.69, 9.17) is 4.42 Å². The van der Waals surface area contributed by atoms with Crippen molar-refractivity contribution in [3.63, 3.8) is 0 Å². The summed E-state index contributed by atoms with van der Waals surface area (Å²) in [5, 5.41) is 0. The fraction of sp³-hybridized carbons (Fsp3) is 0.412. The van der Waals surface area contributed by atoms with Gasteiger partial charge in [-0.2, -0.15) is 0 Å². The molecule has 5 heteroatoms. The number of fused-ring (bicyclic) bond motifs is 1. The molecule has 2 atom stereocenters. The van der Waals surface area contributed by atoms with Gasteiger partial charge in [-0.05, 0) is 38.1 Å². The Bertz CT molecular complexity index is 666. The second-order valence-corrected chi connectivity index (χ2v) is 6.25. The van der Waals surface area contributed by atoms with Crippen LogP contribution < -0.4 is 0 Å². The number of oxazole rings is 1. The average molecular weight is 297 g/mol. The van der Waals surface area contributed by atoms with Gasteiger partial charge < -0.3 is 14.2 Å². The van der Waals surface area contributed by atoms with E-state index < -0.39 is 0 Å². The zero-order chi connectivity index (χ0) is 15.1. The van der Waals surface area contributed by atoms with Crippen LogP contribution in [0.2, 0.25) is 0 Å². The van der Waals surface area contributed by atoms with E-state index in [-0.39, 0.29) is 5.91 Å². The predicted molar refractivity (Wildman–Crippen MR) is 82.4 cm³/mol. The van der Waals surface area contributed by atoms with Crippen LogP contribution in [-0.2, 0) is 0 Å². The largest absolute Gasteiger partial charge is 0.444 e. The van der Waals surface area contributed by atoms with Crippen molar-refractivity contribution in [2.24, 2.45) is 5.92 Å². The Labute approximate surface area is 129 Å². The highest BCUT2D eigenvalue weighted by Gasteiger charge is 2.41. The molecule has 1 aromatic heterocycles. The molecule has 0 N–H and O–H groups in total. The summed E-state index contributed by atoms with van der Waals surface area (Å²) in [5.74, 6) is 1.49. The summed E-state index contributed by atoms with van der Waals surface area (Å²) in [5.41, 5.74) is 1.68. The van der Waals surface area contributed by atoms with Crippen molar-refractivity contribution >= 4 is 5.91 Å². The first-order chi connectivity index (χ1) is 10.7. The molecule has 3 heterocycles. The number of aromatic nitrogens is 1. The maximum atomic E-state index is 12.7. The maximum Gasteiger partial charge on any atom is 0.253 e. The summed E-state index contributed by atoms with van der Waals surface area (Å²) in [7, 11) is 2.16. The Balaban J connectivity index is 1.49. The number of likely N-dealkylation sites (tertiary alicyclic amines) is 2. The van der Waals surface area contributed by atoms with Gasteiger partial charge in [0, 0.05) is 30.3 Å². The van der Waals surface area contributed by atoms with Gasteiger partial charge in [-0.3, -0.25) is 4.79 Å². The first-order valence-corrected chi connectivity index (χ1v) is 7.71. The van der Waals surface area contributed by atoms with E-state index in [0.29, 0.717) is 12.0 Å². The zero-order valence-electron chi connectivity index (χ0n) is 12.6. The minimum atomic E-state index is 0.131. The highest BCUT2D eigenvalue weighted by atomic mass is 16.3. The first-order valence-electron chi connectivity index (χ1n) is 7.71. The summed E-state index contributed by atoms with van der Waals surface area (Å²) in [6.07, 6.45) is 4.29. The molecule has 1 aromatic carbocycles. The van der Waals surface area contributed by atoms with Gasteiger partial charge in [0.2, 0.25) is 0 Å². The number of carbonyl (C=O) groups excluding carboxylic acids is 1. The van der Waals surface area contributed by atoms with Crippen molar-refractivity contribution in [3.05, 3.63) is 42.4 Å². The van der Waals surface area contributed by atoms with E-state index in [1.54, 1.807) is 6.20 Å². The van der Waals surface area contributed by atoms with Gasteiger partial charge in [0.1, 0.15) is 0 Å². The van der Waals surface area contributed by atoms with Crippen LogP contribution in [0.3, 0.4) is 0 Å². The molecule has 2 fully saturated rings. The summed E-state index contributed by atoms with van der Waals surface area (Å²) in [4.78, 5) is 20.9. The van der Waals surface area contributed by atoms with Crippen molar-refractivity contribution in [3.8, 4) is 11.3 Å². The van der Waals surface area contributed by atoms with Gasteiger partial charge in [0.25, 0.3) is 5.91 Å². The van der Waals surface area contributed by atoms with Gasteiger partial charge >= 0.3 is 0 Å². The second kappa shape index (κ2) is 5.25. The Morgan fingerprint density at radius 1 is 1.27 bits per heavy atom. The van der Waals surface area contributed by atoms with Crippen LogP contribution in [0.15, 0.2) is 41.3 Å². The SMILES string of the molecule is CN1CC[C@@H]2CN(C(=O)c3ccc(-c4cnco4)cc3)C[C@@H]21. The van der Waals surface area contributed by atoms with E-state index in [1.165, 1.54) is 12.8 Å². The van der Waals surface area contributed by atoms with Gasteiger partial charge in [-0.15, -0.1) is 0 Å². The lowest BCUT2D eigenvalue weighted by Gasteiger charge is -2.20. The number of nitrogens with zero attached hydrogens (tertiary/aromatic N) is 3. The number of hydrogen-bond donors (Lipinski definition) is 0. The lowest BCUT2D eigenvalue weighted by molar-refractivity contribution is 0.0774. The van der Waals surface area contributed by atoms with Gasteiger partial charge in [0.05, 0.1) is 6.20 Å². The summed E-state index contributed by atoms with van der Waals surface area (Å²) in [6, 6.07) is 8.11. The van der Waals surface area contributed by atoms with E-state index >= 15 is 0 Å². The molecule has 0 radical (unpaired) electrons. The highest BCUT2D eigenvalue weighted by molar-refractivity contribution is 5.94. The lowest BCUT2D eigenvalue weighted by atomic mass is 10.1. The first kappa shape index (κ1) is 13.5. The third-order valence-corrected chi connectivity index (χ3v) is 4.96. The zero-order valence-corrected chi connectivity index (χ0v) is 12.6. The Morgan fingerprint density at radius 2 is 2.09 bits per heavy atom. The number of likely N-dealkylation sites (N-methyl/N-ethyl adjacent to an activating group) is 1. The third-order valence-electron chi connectivity index (χ3n) is 4.96. The molecule has 0 bridgehead atoms. The van der Waals surface area contributed by atoms with E-state index in [2.05, 4.69) is 16.9 Å². The molecule has 0 unspecified atom stereocenters. The van der Waals surface area contributed by atoms with Crippen LogP contribution in [0, 0.1) is 5.92 Å². The Hall–Kier alpha value is -2.14. The third kappa shape index (κ3) is 2.22. The predicted octanol–water partition coefficient (Wildman–Crippen LogP) is 2.12. The smallest absolute Gasteiger partial charge is 0.253 e. The van der Waals surface area contributed by atoms with Crippen molar-refractivity contribution in [1.82, 2.24) is 14.8 Å². The summed E-state index contributed by atoms with van der Waals surface area (Å²) >= 11 is 0. The fourth-order valence-corrected chi connectivity index (χ4v) is 3.66. The molecule has 0 spiro atoms. The number of benzene rings is 1. The molecule has 0 saturated carbocycles. The van der Waals surface area contributed by atoms with Crippen molar-refractivity contribution in [2.75, 3.05) is 26.7 Å². The average Bonchev–Trinajstić information content (AvgIpc) is 3.26. The number of rotatable bonds is 2. The van der Waals surface area contributed by atoms with Crippen LogP contribution in [0.4, 0.5) is 0 Å². The summed E-state index contributed by atoms with van der Waals surface area (Å²) < 4.78 is 5.27. The van der Waals surface area contributed by atoms with Crippen LogP contribution in [0.25, 0.3) is 11.3 Å². The molecule has 5 nitrogen and oxygen atoms in total. The summed E-state index contributed by atoms with van der Waals surface area (Å²) in [6.45, 7) is 2.89. The van der Waals surface area contributed by atoms with Crippen LogP contribution in [-0.4, -0.2) is 53.4 Å². The molecule has 4 rings (SSSR count). The molecule has 1 amide bonds. The Kier molecular flexibility index (Phi) is 3.22. The molecule has 2 aromatic rings. The van der Waals surface area contributed by atoms with E-state index in [9.17, 15) is 4.79 Å². The fourth-order valence-electron chi connectivity index (χ4n) is 3.66. The van der Waals surface area contributed by atoms with Gasteiger partial charge in [-0.1, -0.05) is 12.1 Å². The Morgan fingerprint density at radius 3 is 2.77 bits per heavy atom. The number of hydrogen-bond acceptors (Lipinski definition) is 4. The monoisotopic (exact) mass is 297 g/mol. The molecule has 2 saturated heterocycles. The standard InChI is InChI=1S/C17H19N3O2/c1-19-7-6-14-9-20(10-15(14)19)17(21)13-4-2-12(3-5-13)16-8-18-11-22-16/h2-5,8,11,14-15H,6-7,9-10H2,1H3/t14-,15+/m1/s1. The van der Waals surface area contributed by atoms with Crippen molar-refractivity contribution in [1.29, 1.82) is 0 Å². The molecule has 114 valence electrons. The lowest BCUT2D eigenvalue weighted by Crippen LogP contribution is -2.35. The van der Waals surface area contributed by atoms with Crippen molar-refractivity contribution < 1.29 is 9.21 Å². The van der Waals surface area contributed by atoms with E-state index in [0.717, 1.165) is 36.5 Å². The maximum absolute atomic E-state index is 12.7. The number of amides is 1. The highest BCUT2D eigenvalue weighted by Crippen LogP contribution is 2.31. The molecule has 2 aliphatic heterocycles.